The fourth-order valence-corrected chi connectivity index (χ4v) is 3.84. The number of aromatic nitrogens is 1. The Morgan fingerprint density at radius 1 is 1.53 bits per heavy atom. The van der Waals surface area contributed by atoms with Gasteiger partial charge in [-0.25, -0.2) is 4.98 Å². The van der Waals surface area contributed by atoms with Gasteiger partial charge in [0.2, 0.25) is 0 Å². The second-order valence-corrected chi connectivity index (χ2v) is 6.98. The summed E-state index contributed by atoms with van der Waals surface area (Å²) in [6.07, 6.45) is 4.70. The fraction of sp³-hybridized carbons (Fsp3) is 0.786. The first-order valence-electron chi connectivity index (χ1n) is 7.06. The van der Waals surface area contributed by atoms with E-state index >= 15 is 0 Å². The third-order valence-electron chi connectivity index (χ3n) is 4.25. The number of hydrogen-bond donors (Lipinski definition) is 1. The maximum atomic E-state index is 9.48. The van der Waals surface area contributed by atoms with Crippen LogP contribution in [0.4, 0.5) is 5.13 Å². The van der Waals surface area contributed by atoms with Gasteiger partial charge in [-0.2, -0.15) is 0 Å². The second-order valence-electron chi connectivity index (χ2n) is 5.92. The van der Waals surface area contributed by atoms with E-state index in [1.165, 1.54) is 12.8 Å². The zero-order valence-electron chi connectivity index (χ0n) is 11.7. The molecule has 1 unspecified atom stereocenters. The summed E-state index contributed by atoms with van der Waals surface area (Å²) in [6, 6.07) is 0. The van der Waals surface area contributed by atoms with Gasteiger partial charge in [0, 0.05) is 26.1 Å². The van der Waals surface area contributed by atoms with Crippen molar-refractivity contribution in [3.8, 4) is 0 Å². The minimum Gasteiger partial charge on any atom is -0.391 e. The van der Waals surface area contributed by atoms with Crippen molar-refractivity contribution >= 4 is 16.5 Å². The molecule has 2 fully saturated rings. The largest absolute Gasteiger partial charge is 0.391 e. The molecular formula is C14H22N2O2S. The second kappa shape index (κ2) is 5.04. The van der Waals surface area contributed by atoms with E-state index < -0.39 is 0 Å². The molecule has 1 atom stereocenters. The van der Waals surface area contributed by atoms with E-state index in [4.69, 9.17) is 9.72 Å². The highest BCUT2D eigenvalue weighted by molar-refractivity contribution is 7.15. The Hall–Kier alpha value is -0.650. The number of anilines is 1. The van der Waals surface area contributed by atoms with Crippen molar-refractivity contribution < 1.29 is 9.84 Å². The summed E-state index contributed by atoms with van der Waals surface area (Å²) < 4.78 is 5.64. The first kappa shape index (κ1) is 13.3. The molecule has 3 rings (SSSR count). The zero-order valence-corrected chi connectivity index (χ0v) is 12.5. The molecule has 4 nitrogen and oxygen atoms in total. The van der Waals surface area contributed by atoms with Gasteiger partial charge in [-0.05, 0) is 32.6 Å². The van der Waals surface area contributed by atoms with Crippen LogP contribution in [0, 0.1) is 0 Å². The van der Waals surface area contributed by atoms with Gasteiger partial charge in [0.15, 0.2) is 5.13 Å². The Balaban J connectivity index is 1.81. The van der Waals surface area contributed by atoms with Crippen LogP contribution >= 0.6 is 11.3 Å². The van der Waals surface area contributed by atoms with Gasteiger partial charge in [0.25, 0.3) is 0 Å². The van der Waals surface area contributed by atoms with Crippen LogP contribution in [0.15, 0.2) is 0 Å². The maximum Gasteiger partial charge on any atom is 0.185 e. The molecular weight excluding hydrogens is 260 g/mol. The minimum atomic E-state index is -0.0664. The molecule has 2 heterocycles. The summed E-state index contributed by atoms with van der Waals surface area (Å²) in [5, 5.41) is 10.5. The van der Waals surface area contributed by atoms with Crippen molar-refractivity contribution in [1.82, 2.24) is 4.98 Å². The predicted octanol–water partition coefficient (Wildman–Crippen LogP) is 2.52. The highest BCUT2D eigenvalue weighted by Gasteiger charge is 2.34. The average Bonchev–Trinajstić information content (AvgIpc) is 3.18. The average molecular weight is 282 g/mol. The Bertz CT molecular complexity index is 458. The number of methoxy groups -OCH3 is 1. The molecule has 1 aromatic heterocycles. The van der Waals surface area contributed by atoms with Crippen LogP contribution in [0.5, 0.6) is 0 Å². The normalized spacial score (nSPS) is 27.8. The summed E-state index contributed by atoms with van der Waals surface area (Å²) in [7, 11) is 1.79. The standard InChI is InChI=1S/C14H22N2O2S/c1-14(18-2)6-3-7-16(9-14)13-15-12(10-4-5-10)11(8-17)19-13/h10,17H,3-9H2,1-2H3. The lowest BCUT2D eigenvalue weighted by atomic mass is 9.95. The summed E-state index contributed by atoms with van der Waals surface area (Å²) >= 11 is 1.65. The lowest BCUT2D eigenvalue weighted by Gasteiger charge is -2.39. The van der Waals surface area contributed by atoms with Gasteiger partial charge >= 0.3 is 0 Å². The van der Waals surface area contributed by atoms with Crippen LogP contribution in [0.3, 0.4) is 0 Å². The number of rotatable bonds is 4. The van der Waals surface area contributed by atoms with Gasteiger partial charge in [-0.15, -0.1) is 0 Å². The highest BCUT2D eigenvalue weighted by Crippen LogP contribution is 2.44. The van der Waals surface area contributed by atoms with Crippen molar-refractivity contribution in [2.75, 3.05) is 25.1 Å². The van der Waals surface area contributed by atoms with E-state index in [-0.39, 0.29) is 12.2 Å². The van der Waals surface area contributed by atoms with Gasteiger partial charge in [0.1, 0.15) is 0 Å². The van der Waals surface area contributed by atoms with Crippen LogP contribution in [-0.2, 0) is 11.3 Å². The Morgan fingerprint density at radius 3 is 2.95 bits per heavy atom. The molecule has 106 valence electrons. The van der Waals surface area contributed by atoms with E-state index in [0.717, 1.165) is 41.6 Å². The molecule has 1 aromatic rings. The molecule has 1 N–H and O–H groups in total. The van der Waals surface area contributed by atoms with Crippen LogP contribution < -0.4 is 4.90 Å². The Morgan fingerprint density at radius 2 is 2.32 bits per heavy atom. The molecule has 1 aliphatic carbocycles. The SMILES string of the molecule is COC1(C)CCCN(c2nc(C3CC3)c(CO)s2)C1. The number of ether oxygens (including phenoxy) is 1. The quantitative estimate of drug-likeness (QED) is 0.921. The van der Waals surface area contributed by atoms with Crippen LogP contribution in [0.2, 0.25) is 0 Å². The molecule has 0 amide bonds. The molecule has 0 spiro atoms. The Labute approximate surface area is 118 Å². The van der Waals surface area contributed by atoms with E-state index in [1.54, 1.807) is 18.4 Å². The Kier molecular flexibility index (Phi) is 3.53. The summed E-state index contributed by atoms with van der Waals surface area (Å²) in [5.41, 5.74) is 1.08. The van der Waals surface area contributed by atoms with Crippen molar-refractivity contribution in [2.45, 2.75) is 50.7 Å². The van der Waals surface area contributed by atoms with Gasteiger partial charge in [-0.3, -0.25) is 0 Å². The number of hydrogen-bond acceptors (Lipinski definition) is 5. The monoisotopic (exact) mass is 282 g/mol. The fourth-order valence-electron chi connectivity index (χ4n) is 2.81. The lowest BCUT2D eigenvalue weighted by Crippen LogP contribution is -2.47. The molecule has 1 aliphatic heterocycles. The molecule has 19 heavy (non-hydrogen) atoms. The van der Waals surface area contributed by atoms with Crippen molar-refractivity contribution in [3.05, 3.63) is 10.6 Å². The number of piperidine rings is 1. The van der Waals surface area contributed by atoms with E-state index in [2.05, 4.69) is 11.8 Å². The molecule has 0 bridgehead atoms. The lowest BCUT2D eigenvalue weighted by molar-refractivity contribution is -0.00466. The summed E-state index contributed by atoms with van der Waals surface area (Å²) in [5.74, 6) is 0.603. The molecule has 0 radical (unpaired) electrons. The van der Waals surface area contributed by atoms with Crippen molar-refractivity contribution in [1.29, 1.82) is 0 Å². The van der Waals surface area contributed by atoms with Gasteiger partial charge < -0.3 is 14.7 Å². The third kappa shape index (κ3) is 2.64. The first-order chi connectivity index (χ1) is 9.15. The molecule has 1 saturated carbocycles. The van der Waals surface area contributed by atoms with Crippen molar-refractivity contribution in [3.63, 3.8) is 0 Å². The number of thiazole rings is 1. The van der Waals surface area contributed by atoms with Crippen LogP contribution in [-0.4, -0.2) is 35.9 Å². The molecule has 0 aromatic carbocycles. The highest BCUT2D eigenvalue weighted by atomic mass is 32.1. The van der Waals surface area contributed by atoms with Crippen LogP contribution in [0.25, 0.3) is 0 Å². The summed E-state index contributed by atoms with van der Waals surface area (Å²) in [6.45, 7) is 4.23. The third-order valence-corrected chi connectivity index (χ3v) is 5.36. The molecule has 1 saturated heterocycles. The molecule has 2 aliphatic rings. The zero-order chi connectivity index (χ0) is 13.5. The molecule has 5 heteroatoms. The van der Waals surface area contributed by atoms with E-state index in [9.17, 15) is 5.11 Å². The summed E-state index contributed by atoms with van der Waals surface area (Å²) in [4.78, 5) is 8.18. The van der Waals surface area contributed by atoms with E-state index in [1.807, 2.05) is 0 Å². The first-order valence-corrected chi connectivity index (χ1v) is 7.87. The van der Waals surface area contributed by atoms with Crippen molar-refractivity contribution in [2.24, 2.45) is 0 Å². The number of aliphatic hydroxyl groups is 1. The van der Waals surface area contributed by atoms with Gasteiger partial charge in [-0.1, -0.05) is 11.3 Å². The smallest absolute Gasteiger partial charge is 0.185 e. The topological polar surface area (TPSA) is 45.6 Å². The minimum absolute atomic E-state index is 0.0664. The predicted molar refractivity (Wildman–Crippen MR) is 76.9 cm³/mol. The number of nitrogens with zero attached hydrogens (tertiary/aromatic N) is 2. The number of aliphatic hydroxyl groups excluding tert-OH is 1. The maximum absolute atomic E-state index is 9.48. The van der Waals surface area contributed by atoms with E-state index in [0.29, 0.717) is 5.92 Å². The van der Waals surface area contributed by atoms with Crippen LogP contribution in [0.1, 0.15) is 49.1 Å². The van der Waals surface area contributed by atoms with Gasteiger partial charge in [0.05, 0.1) is 22.8 Å².